The van der Waals surface area contributed by atoms with Crippen molar-refractivity contribution in [2.24, 2.45) is 0 Å². The first kappa shape index (κ1) is 20.7. The van der Waals surface area contributed by atoms with Crippen molar-refractivity contribution in [2.75, 3.05) is 11.7 Å². The molecule has 0 saturated carbocycles. The molecule has 4 aromatic rings. The lowest BCUT2D eigenvalue weighted by atomic mass is 10.0. The summed E-state index contributed by atoms with van der Waals surface area (Å²) in [5.41, 5.74) is 6.64. The average Bonchev–Trinajstić information content (AvgIpc) is 3.59. The van der Waals surface area contributed by atoms with E-state index in [1.165, 1.54) is 11.1 Å². The van der Waals surface area contributed by atoms with Crippen LogP contribution >= 0.6 is 12.2 Å². The van der Waals surface area contributed by atoms with E-state index >= 15 is 0 Å². The molecule has 1 N–H and O–H groups in total. The largest absolute Gasteiger partial charge is 0.454 e. The van der Waals surface area contributed by atoms with Crippen molar-refractivity contribution >= 4 is 23.0 Å². The summed E-state index contributed by atoms with van der Waals surface area (Å²) in [5.74, 6) is 1.48. The molecule has 1 saturated heterocycles. The zero-order valence-electron chi connectivity index (χ0n) is 18.9. The van der Waals surface area contributed by atoms with Gasteiger partial charge < -0.3 is 24.3 Å². The molecule has 2 aromatic heterocycles. The second kappa shape index (κ2) is 8.18. The smallest absolute Gasteiger partial charge is 0.231 e. The summed E-state index contributed by atoms with van der Waals surface area (Å²) in [7, 11) is 0. The highest BCUT2D eigenvalue weighted by molar-refractivity contribution is 7.80. The molecule has 7 heteroatoms. The molecule has 2 unspecified atom stereocenters. The monoisotopic (exact) mass is 468 g/mol. The quantitative estimate of drug-likeness (QED) is 0.405. The van der Waals surface area contributed by atoms with E-state index in [1.807, 2.05) is 42.6 Å². The number of thiocarbonyl (C=S) groups is 1. The third kappa shape index (κ3) is 3.40. The van der Waals surface area contributed by atoms with Crippen LogP contribution in [0.5, 0.6) is 11.5 Å². The van der Waals surface area contributed by atoms with Crippen molar-refractivity contribution in [1.82, 2.24) is 14.9 Å². The minimum Gasteiger partial charge on any atom is -0.454 e. The molecule has 2 atom stereocenters. The van der Waals surface area contributed by atoms with Gasteiger partial charge in [-0.2, -0.15) is 0 Å². The van der Waals surface area contributed by atoms with Gasteiger partial charge in [0.05, 0.1) is 11.7 Å². The van der Waals surface area contributed by atoms with E-state index in [0.717, 1.165) is 34.3 Å². The number of ether oxygens (including phenoxy) is 2. The SMILES string of the molecule is Cc1ccc(-n2cccc2C2C(c3ccccn3)NC(=S)N2c2ccc3c(c2)OCO3)cc1C. The lowest BCUT2D eigenvalue weighted by Crippen LogP contribution is -2.30. The van der Waals surface area contributed by atoms with E-state index in [2.05, 4.69) is 70.1 Å². The molecule has 0 aliphatic carbocycles. The van der Waals surface area contributed by atoms with E-state index in [0.29, 0.717) is 5.11 Å². The Kier molecular flexibility index (Phi) is 4.99. The fraction of sp³-hybridized carbons (Fsp3) is 0.185. The molecular formula is C27H24N4O2S. The number of rotatable bonds is 4. The summed E-state index contributed by atoms with van der Waals surface area (Å²) in [6.45, 7) is 4.51. The Morgan fingerprint density at radius 3 is 2.59 bits per heavy atom. The number of anilines is 1. The van der Waals surface area contributed by atoms with Gasteiger partial charge in [-0.3, -0.25) is 4.98 Å². The number of aromatic nitrogens is 2. The molecule has 6 rings (SSSR count). The van der Waals surface area contributed by atoms with Crippen LogP contribution in [-0.2, 0) is 0 Å². The van der Waals surface area contributed by atoms with E-state index in [4.69, 9.17) is 21.7 Å². The van der Waals surface area contributed by atoms with Gasteiger partial charge in [-0.25, -0.2) is 0 Å². The number of aryl methyl sites for hydroxylation is 2. The Morgan fingerprint density at radius 1 is 0.912 bits per heavy atom. The maximum atomic E-state index is 5.88. The fourth-order valence-corrected chi connectivity index (χ4v) is 5.06. The predicted octanol–water partition coefficient (Wildman–Crippen LogP) is 5.39. The highest BCUT2D eigenvalue weighted by Crippen LogP contribution is 2.44. The zero-order chi connectivity index (χ0) is 23.2. The molecule has 2 aliphatic heterocycles. The van der Waals surface area contributed by atoms with Gasteiger partial charge in [0.1, 0.15) is 6.04 Å². The standard InChI is InChI=1S/C27H24N4O2S/c1-17-8-9-19(14-18(17)2)30-13-5-7-22(30)26-25(21-6-3-4-12-28-21)29-27(34)31(26)20-10-11-23-24(15-20)33-16-32-23/h3-15,25-26H,16H2,1-2H3,(H,29,34). The molecule has 170 valence electrons. The van der Waals surface area contributed by atoms with Crippen LogP contribution in [0.25, 0.3) is 5.69 Å². The van der Waals surface area contributed by atoms with Gasteiger partial charge in [-0.15, -0.1) is 0 Å². The van der Waals surface area contributed by atoms with Crippen molar-refractivity contribution in [3.05, 3.63) is 102 Å². The van der Waals surface area contributed by atoms with Gasteiger partial charge in [0, 0.05) is 35.5 Å². The lowest BCUT2D eigenvalue weighted by Gasteiger charge is -2.29. The Balaban J connectivity index is 1.50. The predicted molar refractivity (Wildman–Crippen MR) is 136 cm³/mol. The molecule has 0 radical (unpaired) electrons. The number of fused-ring (bicyclic) bond motifs is 1. The van der Waals surface area contributed by atoms with Gasteiger partial charge in [0.25, 0.3) is 0 Å². The van der Waals surface area contributed by atoms with Crippen LogP contribution in [0.1, 0.15) is 34.6 Å². The van der Waals surface area contributed by atoms with Gasteiger partial charge in [0.2, 0.25) is 6.79 Å². The van der Waals surface area contributed by atoms with Crippen LogP contribution in [-0.4, -0.2) is 21.5 Å². The minimum atomic E-state index is -0.126. The topological polar surface area (TPSA) is 51.6 Å². The summed E-state index contributed by atoms with van der Waals surface area (Å²) >= 11 is 5.88. The first-order chi connectivity index (χ1) is 16.6. The molecule has 1 fully saturated rings. The number of nitrogens with one attached hydrogen (secondary N) is 1. The van der Waals surface area contributed by atoms with E-state index < -0.39 is 0 Å². The Hall–Kier alpha value is -3.84. The molecule has 0 amide bonds. The highest BCUT2D eigenvalue weighted by Gasteiger charge is 2.42. The summed E-state index contributed by atoms with van der Waals surface area (Å²) in [4.78, 5) is 6.82. The zero-order valence-corrected chi connectivity index (χ0v) is 19.8. The maximum Gasteiger partial charge on any atom is 0.231 e. The number of pyridine rings is 1. The Morgan fingerprint density at radius 2 is 1.76 bits per heavy atom. The summed E-state index contributed by atoms with van der Waals surface area (Å²) < 4.78 is 13.4. The van der Waals surface area contributed by atoms with Crippen LogP contribution in [0.15, 0.2) is 79.1 Å². The molecule has 2 aromatic carbocycles. The van der Waals surface area contributed by atoms with Gasteiger partial charge in [0.15, 0.2) is 16.6 Å². The number of hydrogen-bond acceptors (Lipinski definition) is 4. The molecule has 34 heavy (non-hydrogen) atoms. The molecule has 0 spiro atoms. The number of hydrogen-bond donors (Lipinski definition) is 1. The second-order valence-corrected chi connectivity index (χ2v) is 8.99. The van der Waals surface area contributed by atoms with Crippen molar-refractivity contribution in [2.45, 2.75) is 25.9 Å². The fourth-order valence-electron chi connectivity index (χ4n) is 4.71. The van der Waals surface area contributed by atoms with Crippen molar-refractivity contribution < 1.29 is 9.47 Å². The molecule has 4 heterocycles. The van der Waals surface area contributed by atoms with Gasteiger partial charge in [-0.1, -0.05) is 12.1 Å². The van der Waals surface area contributed by atoms with Crippen molar-refractivity contribution in [3.63, 3.8) is 0 Å². The van der Waals surface area contributed by atoms with Crippen molar-refractivity contribution in [1.29, 1.82) is 0 Å². The van der Waals surface area contributed by atoms with Crippen LogP contribution < -0.4 is 19.7 Å². The molecule has 0 bridgehead atoms. The van der Waals surface area contributed by atoms with E-state index in [-0.39, 0.29) is 18.9 Å². The normalized spacial score (nSPS) is 18.9. The number of benzene rings is 2. The first-order valence-corrected chi connectivity index (χ1v) is 11.7. The first-order valence-electron chi connectivity index (χ1n) is 11.3. The Bertz CT molecular complexity index is 1380. The Labute approximate surface area is 203 Å². The van der Waals surface area contributed by atoms with Crippen LogP contribution in [0.3, 0.4) is 0 Å². The molecule has 6 nitrogen and oxygen atoms in total. The van der Waals surface area contributed by atoms with Gasteiger partial charge >= 0.3 is 0 Å². The van der Waals surface area contributed by atoms with Crippen LogP contribution in [0.4, 0.5) is 5.69 Å². The summed E-state index contributed by atoms with van der Waals surface area (Å²) in [6, 6.07) is 22.5. The van der Waals surface area contributed by atoms with Gasteiger partial charge in [-0.05, 0) is 85.7 Å². The molecular weight excluding hydrogens is 444 g/mol. The lowest BCUT2D eigenvalue weighted by molar-refractivity contribution is 0.174. The third-order valence-electron chi connectivity index (χ3n) is 6.58. The summed E-state index contributed by atoms with van der Waals surface area (Å²) in [5, 5.41) is 4.18. The highest BCUT2D eigenvalue weighted by atomic mass is 32.1. The average molecular weight is 469 g/mol. The van der Waals surface area contributed by atoms with E-state index in [1.54, 1.807) is 0 Å². The summed E-state index contributed by atoms with van der Waals surface area (Å²) in [6.07, 6.45) is 3.93. The van der Waals surface area contributed by atoms with E-state index in [9.17, 15) is 0 Å². The number of nitrogens with zero attached hydrogens (tertiary/aromatic N) is 3. The minimum absolute atomic E-state index is 0.126. The van der Waals surface area contributed by atoms with Crippen LogP contribution in [0, 0.1) is 13.8 Å². The maximum absolute atomic E-state index is 5.88. The second-order valence-electron chi connectivity index (χ2n) is 8.61. The van der Waals surface area contributed by atoms with Crippen molar-refractivity contribution in [3.8, 4) is 17.2 Å². The molecule has 2 aliphatic rings. The van der Waals surface area contributed by atoms with Crippen LogP contribution in [0.2, 0.25) is 0 Å². The third-order valence-corrected chi connectivity index (χ3v) is 6.90.